The minimum Gasteiger partial charge on any atom is -0.462 e. The highest BCUT2D eigenvalue weighted by Gasteiger charge is 1.98. The SMILES string of the molecule is C=C(CCCCCC)Oc1ccc(C)cc1. The van der Waals surface area contributed by atoms with Crippen LogP contribution >= 0.6 is 0 Å². The monoisotopic (exact) mass is 218 g/mol. The van der Waals surface area contributed by atoms with E-state index < -0.39 is 0 Å². The van der Waals surface area contributed by atoms with E-state index in [1.165, 1.54) is 31.2 Å². The number of hydrogen-bond acceptors (Lipinski definition) is 1. The van der Waals surface area contributed by atoms with Crippen molar-refractivity contribution in [2.45, 2.75) is 46.0 Å². The van der Waals surface area contributed by atoms with E-state index in [-0.39, 0.29) is 0 Å². The molecule has 0 aromatic heterocycles. The molecule has 1 rings (SSSR count). The summed E-state index contributed by atoms with van der Waals surface area (Å²) in [5.74, 6) is 1.77. The Bertz CT molecular complexity index is 311. The maximum absolute atomic E-state index is 5.66. The van der Waals surface area contributed by atoms with Gasteiger partial charge in [0, 0.05) is 6.42 Å². The molecule has 1 heteroatoms. The second-order valence-electron chi connectivity index (χ2n) is 4.26. The van der Waals surface area contributed by atoms with Gasteiger partial charge in [0.2, 0.25) is 0 Å². The first kappa shape index (κ1) is 12.8. The molecule has 0 aliphatic carbocycles. The van der Waals surface area contributed by atoms with Gasteiger partial charge in [0.25, 0.3) is 0 Å². The smallest absolute Gasteiger partial charge is 0.126 e. The molecule has 0 atom stereocenters. The average molecular weight is 218 g/mol. The third-order valence-corrected chi connectivity index (χ3v) is 2.59. The molecule has 0 radical (unpaired) electrons. The summed E-state index contributed by atoms with van der Waals surface area (Å²) in [6.07, 6.45) is 5.99. The fraction of sp³-hybridized carbons (Fsp3) is 0.467. The second kappa shape index (κ2) is 7.10. The molecule has 1 aromatic carbocycles. The molecular formula is C15H22O. The van der Waals surface area contributed by atoms with Crippen molar-refractivity contribution in [3.63, 3.8) is 0 Å². The predicted octanol–water partition coefficient (Wildman–Crippen LogP) is 4.86. The van der Waals surface area contributed by atoms with E-state index >= 15 is 0 Å². The van der Waals surface area contributed by atoms with Crippen molar-refractivity contribution in [3.8, 4) is 5.75 Å². The number of rotatable bonds is 7. The lowest BCUT2D eigenvalue weighted by molar-refractivity contribution is 0.398. The lowest BCUT2D eigenvalue weighted by Gasteiger charge is -2.08. The average Bonchev–Trinajstić information content (AvgIpc) is 2.28. The van der Waals surface area contributed by atoms with Crippen molar-refractivity contribution in [2.24, 2.45) is 0 Å². The minimum atomic E-state index is 0.875. The molecule has 0 bridgehead atoms. The number of aryl methyl sites for hydroxylation is 1. The van der Waals surface area contributed by atoms with Gasteiger partial charge in [-0.15, -0.1) is 0 Å². The minimum absolute atomic E-state index is 0.875. The van der Waals surface area contributed by atoms with Gasteiger partial charge in [-0.2, -0.15) is 0 Å². The summed E-state index contributed by atoms with van der Waals surface area (Å²) in [6, 6.07) is 8.10. The number of unbranched alkanes of at least 4 members (excludes halogenated alkanes) is 3. The Morgan fingerprint density at radius 2 is 1.81 bits per heavy atom. The fourth-order valence-electron chi connectivity index (χ4n) is 1.57. The quantitative estimate of drug-likeness (QED) is 0.469. The van der Waals surface area contributed by atoms with E-state index in [1.54, 1.807) is 0 Å². The van der Waals surface area contributed by atoms with E-state index in [9.17, 15) is 0 Å². The van der Waals surface area contributed by atoms with Crippen LogP contribution in [0.2, 0.25) is 0 Å². The predicted molar refractivity (Wildman–Crippen MR) is 69.7 cm³/mol. The number of hydrogen-bond donors (Lipinski definition) is 0. The Labute approximate surface area is 99.1 Å². The maximum Gasteiger partial charge on any atom is 0.126 e. The molecule has 0 heterocycles. The second-order valence-corrected chi connectivity index (χ2v) is 4.26. The van der Waals surface area contributed by atoms with Crippen LogP contribution in [0.3, 0.4) is 0 Å². The first-order valence-electron chi connectivity index (χ1n) is 6.14. The van der Waals surface area contributed by atoms with E-state index in [1.807, 2.05) is 12.1 Å². The van der Waals surface area contributed by atoms with Crippen LogP contribution in [0, 0.1) is 6.92 Å². The van der Waals surface area contributed by atoms with Crippen LogP contribution in [0.5, 0.6) is 5.75 Å². The van der Waals surface area contributed by atoms with Crippen molar-refractivity contribution in [1.82, 2.24) is 0 Å². The number of allylic oxidation sites excluding steroid dienone is 1. The Balaban J connectivity index is 2.26. The molecule has 88 valence electrons. The molecular weight excluding hydrogens is 196 g/mol. The molecule has 1 nitrogen and oxygen atoms in total. The van der Waals surface area contributed by atoms with Gasteiger partial charge in [-0.25, -0.2) is 0 Å². The van der Waals surface area contributed by atoms with E-state index in [0.717, 1.165) is 17.9 Å². The summed E-state index contributed by atoms with van der Waals surface area (Å²) in [4.78, 5) is 0. The number of benzene rings is 1. The zero-order valence-corrected chi connectivity index (χ0v) is 10.5. The van der Waals surface area contributed by atoms with Crippen LogP contribution < -0.4 is 4.74 Å². The van der Waals surface area contributed by atoms with Gasteiger partial charge in [0.05, 0.1) is 5.76 Å². The summed E-state index contributed by atoms with van der Waals surface area (Å²) in [5, 5.41) is 0. The molecule has 0 aliphatic rings. The van der Waals surface area contributed by atoms with Crippen LogP contribution in [0.1, 0.15) is 44.6 Å². The highest BCUT2D eigenvalue weighted by Crippen LogP contribution is 2.17. The first-order valence-corrected chi connectivity index (χ1v) is 6.14. The molecule has 1 aromatic rings. The van der Waals surface area contributed by atoms with E-state index in [0.29, 0.717) is 0 Å². The molecule has 0 unspecified atom stereocenters. The molecule has 0 N–H and O–H groups in total. The number of ether oxygens (including phenoxy) is 1. The zero-order valence-electron chi connectivity index (χ0n) is 10.5. The van der Waals surface area contributed by atoms with Crippen LogP contribution in [-0.2, 0) is 0 Å². The van der Waals surface area contributed by atoms with Crippen LogP contribution in [-0.4, -0.2) is 0 Å². The highest BCUT2D eigenvalue weighted by atomic mass is 16.5. The van der Waals surface area contributed by atoms with Crippen molar-refractivity contribution in [2.75, 3.05) is 0 Å². The molecule has 0 fully saturated rings. The summed E-state index contributed by atoms with van der Waals surface area (Å²) in [7, 11) is 0. The van der Waals surface area contributed by atoms with E-state index in [2.05, 4.69) is 32.6 Å². The molecule has 16 heavy (non-hydrogen) atoms. The van der Waals surface area contributed by atoms with Gasteiger partial charge < -0.3 is 4.74 Å². The lowest BCUT2D eigenvalue weighted by atomic mass is 10.1. The molecule has 0 spiro atoms. The first-order chi connectivity index (χ1) is 7.72. The van der Waals surface area contributed by atoms with Gasteiger partial charge in [-0.3, -0.25) is 0 Å². The fourth-order valence-corrected chi connectivity index (χ4v) is 1.57. The van der Waals surface area contributed by atoms with Crippen LogP contribution in [0.4, 0.5) is 0 Å². The van der Waals surface area contributed by atoms with Crippen LogP contribution in [0.25, 0.3) is 0 Å². The largest absolute Gasteiger partial charge is 0.462 e. The van der Waals surface area contributed by atoms with Crippen LogP contribution in [0.15, 0.2) is 36.6 Å². The van der Waals surface area contributed by atoms with Gasteiger partial charge in [0.1, 0.15) is 5.75 Å². The summed E-state index contributed by atoms with van der Waals surface area (Å²) in [5.41, 5.74) is 1.25. The molecule has 0 saturated carbocycles. The Kier molecular flexibility index (Phi) is 5.69. The normalized spacial score (nSPS) is 10.1. The Morgan fingerprint density at radius 3 is 2.44 bits per heavy atom. The van der Waals surface area contributed by atoms with Crippen molar-refractivity contribution in [3.05, 3.63) is 42.2 Å². The van der Waals surface area contributed by atoms with E-state index in [4.69, 9.17) is 4.74 Å². The topological polar surface area (TPSA) is 9.23 Å². The Morgan fingerprint density at radius 1 is 1.12 bits per heavy atom. The van der Waals surface area contributed by atoms with Gasteiger partial charge in [0.15, 0.2) is 0 Å². The van der Waals surface area contributed by atoms with Crippen molar-refractivity contribution in [1.29, 1.82) is 0 Å². The molecule has 0 saturated heterocycles. The molecule has 0 aliphatic heterocycles. The highest BCUT2D eigenvalue weighted by molar-refractivity contribution is 5.27. The molecule has 0 amide bonds. The summed E-state index contributed by atoms with van der Waals surface area (Å²) in [6.45, 7) is 8.24. The van der Waals surface area contributed by atoms with Gasteiger partial charge in [-0.05, 0) is 25.5 Å². The summed E-state index contributed by atoms with van der Waals surface area (Å²) >= 11 is 0. The standard InChI is InChI=1S/C15H22O/c1-4-5-6-7-8-14(3)16-15-11-9-13(2)10-12-15/h9-12H,3-8H2,1-2H3. The third-order valence-electron chi connectivity index (χ3n) is 2.59. The maximum atomic E-state index is 5.66. The Hall–Kier alpha value is -1.24. The third kappa shape index (κ3) is 5.01. The summed E-state index contributed by atoms with van der Waals surface area (Å²) < 4.78 is 5.66. The lowest BCUT2D eigenvalue weighted by Crippen LogP contribution is -1.94. The van der Waals surface area contributed by atoms with Crippen molar-refractivity contribution < 1.29 is 4.74 Å². The zero-order chi connectivity index (χ0) is 11.8. The van der Waals surface area contributed by atoms with Crippen molar-refractivity contribution >= 4 is 0 Å². The van der Waals surface area contributed by atoms with Gasteiger partial charge >= 0.3 is 0 Å². The van der Waals surface area contributed by atoms with Gasteiger partial charge in [-0.1, -0.05) is 50.5 Å².